The first kappa shape index (κ1) is 13.5. The van der Waals surface area contributed by atoms with E-state index in [4.69, 9.17) is 0 Å². The Kier molecular flexibility index (Phi) is 2.87. The molecule has 1 saturated heterocycles. The fourth-order valence-electron chi connectivity index (χ4n) is 3.90. The number of benzene rings is 1. The zero-order valence-electron chi connectivity index (χ0n) is 12.5. The van der Waals surface area contributed by atoms with Crippen LogP contribution in [-0.4, -0.2) is 26.9 Å². The van der Waals surface area contributed by atoms with Crippen molar-refractivity contribution in [1.82, 2.24) is 10.2 Å². The summed E-state index contributed by atoms with van der Waals surface area (Å²) in [5.74, 6) is 0.625. The van der Waals surface area contributed by atoms with Crippen molar-refractivity contribution >= 4 is 11.7 Å². The summed E-state index contributed by atoms with van der Waals surface area (Å²) in [5.41, 5.74) is 2.03. The van der Waals surface area contributed by atoms with Crippen molar-refractivity contribution in [2.75, 3.05) is 4.90 Å². The fourth-order valence-corrected chi connectivity index (χ4v) is 3.90. The molecule has 1 amide bonds. The lowest BCUT2D eigenvalue weighted by Crippen LogP contribution is -2.58. The Bertz CT molecular complexity index is 725. The van der Waals surface area contributed by atoms with Gasteiger partial charge in [0.05, 0.1) is 0 Å². The van der Waals surface area contributed by atoms with Crippen molar-refractivity contribution in [3.05, 3.63) is 47.2 Å². The highest BCUT2D eigenvalue weighted by atomic mass is 16.3. The second-order valence-electron chi connectivity index (χ2n) is 6.32. The summed E-state index contributed by atoms with van der Waals surface area (Å²) < 4.78 is 0. The van der Waals surface area contributed by atoms with E-state index in [2.05, 4.69) is 22.3 Å². The first-order valence-electron chi connectivity index (χ1n) is 7.75. The van der Waals surface area contributed by atoms with Crippen molar-refractivity contribution < 1.29 is 9.90 Å². The number of aromatic amines is 1. The molecule has 0 spiro atoms. The monoisotopic (exact) mass is 297 g/mol. The van der Waals surface area contributed by atoms with E-state index in [1.165, 1.54) is 4.90 Å². The highest BCUT2D eigenvalue weighted by Gasteiger charge is 2.50. The minimum Gasteiger partial charge on any atom is -0.370 e. The number of anilines is 1. The standard InChI is InChI=1S/C17H19N3O2/c1-11-15-13(12-6-3-2-4-7-12)10-17(22)9-5-8-14(21)20(17)16(15)19-18-11/h2-4,6-7,13,22H,5,8-10H2,1H3,(H,18,19)/t13-,17+/m0/s1. The van der Waals surface area contributed by atoms with Gasteiger partial charge < -0.3 is 5.11 Å². The molecule has 0 aliphatic carbocycles. The molecule has 0 saturated carbocycles. The van der Waals surface area contributed by atoms with Gasteiger partial charge in [-0.2, -0.15) is 5.10 Å². The minimum absolute atomic E-state index is 0.0342. The van der Waals surface area contributed by atoms with E-state index in [9.17, 15) is 9.90 Å². The van der Waals surface area contributed by atoms with Crippen LogP contribution in [0, 0.1) is 6.92 Å². The van der Waals surface area contributed by atoms with Crippen LogP contribution in [0.25, 0.3) is 0 Å². The zero-order valence-corrected chi connectivity index (χ0v) is 12.5. The molecule has 22 heavy (non-hydrogen) atoms. The Morgan fingerprint density at radius 3 is 2.91 bits per heavy atom. The van der Waals surface area contributed by atoms with E-state index in [-0.39, 0.29) is 11.8 Å². The van der Waals surface area contributed by atoms with Crippen LogP contribution in [-0.2, 0) is 4.79 Å². The molecular formula is C17H19N3O2. The number of fused-ring (bicyclic) bond motifs is 3. The van der Waals surface area contributed by atoms with Gasteiger partial charge in [-0.1, -0.05) is 30.3 Å². The van der Waals surface area contributed by atoms with Crippen LogP contribution >= 0.6 is 0 Å². The van der Waals surface area contributed by atoms with Gasteiger partial charge in [-0.25, -0.2) is 0 Å². The van der Waals surface area contributed by atoms with E-state index < -0.39 is 5.72 Å². The number of piperidine rings is 1. The minimum atomic E-state index is -1.12. The molecule has 3 heterocycles. The highest BCUT2D eigenvalue weighted by molar-refractivity contribution is 5.96. The van der Waals surface area contributed by atoms with Crippen LogP contribution in [0.3, 0.4) is 0 Å². The fraction of sp³-hybridized carbons (Fsp3) is 0.412. The lowest BCUT2D eigenvalue weighted by atomic mass is 9.77. The Balaban J connectivity index is 1.90. The molecular weight excluding hydrogens is 278 g/mol. The average molecular weight is 297 g/mol. The third-order valence-corrected chi connectivity index (χ3v) is 4.90. The molecule has 4 rings (SSSR count). The van der Waals surface area contributed by atoms with Crippen molar-refractivity contribution in [3.8, 4) is 0 Å². The normalized spacial score (nSPS) is 27.5. The number of hydrogen-bond acceptors (Lipinski definition) is 3. The van der Waals surface area contributed by atoms with Crippen molar-refractivity contribution in [2.45, 2.75) is 44.2 Å². The maximum absolute atomic E-state index is 12.4. The molecule has 2 aromatic rings. The molecule has 5 heteroatoms. The van der Waals surface area contributed by atoms with Gasteiger partial charge in [0.25, 0.3) is 0 Å². The smallest absolute Gasteiger partial charge is 0.230 e. The summed E-state index contributed by atoms with van der Waals surface area (Å²) in [6.07, 6.45) is 2.33. The van der Waals surface area contributed by atoms with Crippen LogP contribution in [0.15, 0.2) is 30.3 Å². The van der Waals surface area contributed by atoms with Gasteiger partial charge in [0.2, 0.25) is 5.91 Å². The molecule has 2 N–H and O–H groups in total. The van der Waals surface area contributed by atoms with Gasteiger partial charge in [0.1, 0.15) is 5.72 Å². The Labute approximate surface area is 129 Å². The van der Waals surface area contributed by atoms with Gasteiger partial charge in [0, 0.05) is 30.0 Å². The number of carbonyl (C=O) groups excluding carboxylic acids is 1. The van der Waals surface area contributed by atoms with Crippen LogP contribution in [0.4, 0.5) is 5.82 Å². The van der Waals surface area contributed by atoms with Gasteiger partial charge >= 0.3 is 0 Å². The Hall–Kier alpha value is -2.14. The first-order chi connectivity index (χ1) is 10.6. The number of rotatable bonds is 1. The lowest BCUT2D eigenvalue weighted by Gasteiger charge is -2.47. The quantitative estimate of drug-likeness (QED) is 0.849. The second-order valence-corrected chi connectivity index (χ2v) is 6.32. The average Bonchev–Trinajstić information content (AvgIpc) is 2.88. The maximum Gasteiger partial charge on any atom is 0.230 e. The predicted molar refractivity (Wildman–Crippen MR) is 82.5 cm³/mol. The molecule has 114 valence electrons. The second kappa shape index (κ2) is 4.68. The molecule has 5 nitrogen and oxygen atoms in total. The molecule has 1 aromatic carbocycles. The molecule has 0 bridgehead atoms. The Morgan fingerprint density at radius 1 is 1.36 bits per heavy atom. The number of hydrogen-bond donors (Lipinski definition) is 2. The van der Waals surface area contributed by atoms with Crippen molar-refractivity contribution in [3.63, 3.8) is 0 Å². The van der Waals surface area contributed by atoms with Crippen LogP contribution < -0.4 is 4.90 Å². The number of aromatic nitrogens is 2. The number of nitrogens with zero attached hydrogens (tertiary/aromatic N) is 2. The number of carbonyl (C=O) groups is 1. The highest BCUT2D eigenvalue weighted by Crippen LogP contribution is 2.49. The summed E-state index contributed by atoms with van der Waals surface area (Å²) in [5, 5.41) is 18.4. The molecule has 2 atom stereocenters. The number of nitrogens with one attached hydrogen (secondary N) is 1. The third-order valence-electron chi connectivity index (χ3n) is 4.90. The third kappa shape index (κ3) is 1.82. The number of amides is 1. The molecule has 0 unspecified atom stereocenters. The molecule has 2 aliphatic rings. The molecule has 1 aromatic heterocycles. The van der Waals surface area contributed by atoms with E-state index in [0.717, 1.165) is 23.2 Å². The SMILES string of the molecule is Cc1[nH]nc2c1[C@H](c1ccccc1)C[C@]1(O)CCCC(=O)N21. The van der Waals surface area contributed by atoms with Crippen LogP contribution in [0.1, 0.15) is 48.4 Å². The van der Waals surface area contributed by atoms with Gasteiger partial charge in [-0.05, 0) is 25.3 Å². The molecule has 1 fully saturated rings. The van der Waals surface area contributed by atoms with E-state index in [1.54, 1.807) is 0 Å². The van der Waals surface area contributed by atoms with Gasteiger partial charge in [0.15, 0.2) is 5.82 Å². The van der Waals surface area contributed by atoms with Crippen molar-refractivity contribution in [2.24, 2.45) is 0 Å². The first-order valence-corrected chi connectivity index (χ1v) is 7.75. The summed E-state index contributed by atoms with van der Waals surface area (Å²) >= 11 is 0. The summed E-state index contributed by atoms with van der Waals surface area (Å²) in [6, 6.07) is 10.1. The van der Waals surface area contributed by atoms with Gasteiger partial charge in [-0.3, -0.25) is 14.8 Å². The topological polar surface area (TPSA) is 69.2 Å². The van der Waals surface area contributed by atoms with E-state index in [1.807, 2.05) is 25.1 Å². The van der Waals surface area contributed by atoms with E-state index >= 15 is 0 Å². The van der Waals surface area contributed by atoms with Crippen molar-refractivity contribution in [1.29, 1.82) is 0 Å². The summed E-state index contributed by atoms with van der Waals surface area (Å²) in [4.78, 5) is 13.9. The number of H-pyrrole nitrogens is 1. The predicted octanol–water partition coefficient (Wildman–Crippen LogP) is 2.46. The summed E-state index contributed by atoms with van der Waals surface area (Å²) in [6.45, 7) is 1.97. The largest absolute Gasteiger partial charge is 0.370 e. The van der Waals surface area contributed by atoms with Crippen LogP contribution in [0.5, 0.6) is 0 Å². The van der Waals surface area contributed by atoms with Gasteiger partial charge in [-0.15, -0.1) is 0 Å². The molecule has 0 radical (unpaired) electrons. The van der Waals surface area contributed by atoms with E-state index in [0.29, 0.717) is 25.1 Å². The summed E-state index contributed by atoms with van der Waals surface area (Å²) in [7, 11) is 0. The Morgan fingerprint density at radius 2 is 2.14 bits per heavy atom. The molecule has 2 aliphatic heterocycles. The maximum atomic E-state index is 12.4. The zero-order chi connectivity index (χ0) is 15.3. The van der Waals surface area contributed by atoms with Crippen LogP contribution in [0.2, 0.25) is 0 Å². The lowest BCUT2D eigenvalue weighted by molar-refractivity contribution is -0.128. The number of aryl methyl sites for hydroxylation is 1. The number of aliphatic hydroxyl groups is 1.